The number of nitrogens with one attached hydrogen (secondary N) is 1. The van der Waals surface area contributed by atoms with E-state index < -0.39 is 17.2 Å². The smallest absolute Gasteiger partial charge is 0.248 e. The van der Waals surface area contributed by atoms with Crippen molar-refractivity contribution in [1.82, 2.24) is 4.98 Å². The lowest BCUT2D eigenvalue weighted by atomic mass is 10.1. The van der Waals surface area contributed by atoms with Gasteiger partial charge in [-0.05, 0) is 17.7 Å². The highest BCUT2D eigenvalue weighted by atomic mass is 19.1. The first-order valence-corrected chi connectivity index (χ1v) is 4.31. The third-order valence-electron chi connectivity index (χ3n) is 2.03. The van der Waals surface area contributed by atoms with E-state index in [0.29, 0.717) is 5.56 Å². The number of halogens is 2. The molecule has 0 amide bonds. The van der Waals surface area contributed by atoms with Gasteiger partial charge in [0.2, 0.25) is 5.56 Å². The minimum Gasteiger partial charge on any atom is -0.326 e. The standard InChI is InChI=1S/C11H7F2NO/c12-8-3-1-7(2-4-8)9-5-11(15)14-6-10(9)13/h1-6H,(H,14,15). The quantitative estimate of drug-likeness (QED) is 0.764. The van der Waals surface area contributed by atoms with Crippen molar-refractivity contribution in [2.75, 3.05) is 0 Å². The topological polar surface area (TPSA) is 32.9 Å². The highest BCUT2D eigenvalue weighted by Gasteiger charge is 2.05. The van der Waals surface area contributed by atoms with Crippen LogP contribution in [0.2, 0.25) is 0 Å². The Morgan fingerprint density at radius 3 is 2.40 bits per heavy atom. The maximum Gasteiger partial charge on any atom is 0.248 e. The van der Waals surface area contributed by atoms with Crippen molar-refractivity contribution >= 4 is 0 Å². The van der Waals surface area contributed by atoms with Crippen LogP contribution < -0.4 is 5.56 Å². The fraction of sp³-hybridized carbons (Fsp3) is 0. The molecular weight excluding hydrogens is 200 g/mol. The van der Waals surface area contributed by atoms with Gasteiger partial charge in [-0.3, -0.25) is 4.79 Å². The summed E-state index contributed by atoms with van der Waals surface area (Å²) >= 11 is 0. The van der Waals surface area contributed by atoms with Crippen LogP contribution in [0.3, 0.4) is 0 Å². The van der Waals surface area contributed by atoms with E-state index in [1.165, 1.54) is 24.3 Å². The van der Waals surface area contributed by atoms with Crippen LogP contribution in [0, 0.1) is 11.6 Å². The predicted octanol–water partition coefficient (Wildman–Crippen LogP) is 2.32. The van der Waals surface area contributed by atoms with Crippen LogP contribution in [0.4, 0.5) is 8.78 Å². The van der Waals surface area contributed by atoms with E-state index in [1.807, 2.05) is 0 Å². The van der Waals surface area contributed by atoms with Crippen LogP contribution >= 0.6 is 0 Å². The lowest BCUT2D eigenvalue weighted by Crippen LogP contribution is -2.04. The van der Waals surface area contributed by atoms with Crippen molar-refractivity contribution in [2.45, 2.75) is 0 Å². The average molecular weight is 207 g/mol. The average Bonchev–Trinajstić information content (AvgIpc) is 2.23. The predicted molar refractivity (Wildman–Crippen MR) is 52.4 cm³/mol. The van der Waals surface area contributed by atoms with Crippen LogP contribution in [-0.4, -0.2) is 4.98 Å². The van der Waals surface area contributed by atoms with Crippen LogP contribution in [0.25, 0.3) is 11.1 Å². The van der Waals surface area contributed by atoms with E-state index in [0.717, 1.165) is 12.3 Å². The number of aromatic amines is 1. The maximum absolute atomic E-state index is 13.3. The Bertz CT molecular complexity index is 531. The first-order chi connectivity index (χ1) is 7.16. The second kappa shape index (κ2) is 3.65. The summed E-state index contributed by atoms with van der Waals surface area (Å²) in [6, 6.07) is 6.43. The molecule has 0 bridgehead atoms. The number of pyridine rings is 1. The molecule has 1 aromatic carbocycles. The summed E-state index contributed by atoms with van der Waals surface area (Å²) in [4.78, 5) is 13.2. The molecule has 1 heterocycles. The van der Waals surface area contributed by atoms with Crippen LogP contribution in [0.5, 0.6) is 0 Å². The monoisotopic (exact) mass is 207 g/mol. The maximum atomic E-state index is 13.3. The molecule has 4 heteroatoms. The zero-order valence-corrected chi connectivity index (χ0v) is 7.63. The van der Waals surface area contributed by atoms with Gasteiger partial charge in [0, 0.05) is 17.8 Å². The summed E-state index contributed by atoms with van der Waals surface area (Å²) in [7, 11) is 0. The molecule has 0 aliphatic rings. The van der Waals surface area contributed by atoms with E-state index >= 15 is 0 Å². The third kappa shape index (κ3) is 1.93. The van der Waals surface area contributed by atoms with E-state index in [9.17, 15) is 13.6 Å². The normalized spacial score (nSPS) is 10.3. The molecule has 2 aromatic rings. The fourth-order valence-corrected chi connectivity index (χ4v) is 1.30. The molecule has 1 aromatic heterocycles. The lowest BCUT2D eigenvalue weighted by molar-refractivity contribution is 0.621. The lowest BCUT2D eigenvalue weighted by Gasteiger charge is -2.01. The molecule has 0 atom stereocenters. The molecule has 0 aliphatic heterocycles. The summed E-state index contributed by atoms with van der Waals surface area (Å²) in [5.41, 5.74) is 0.245. The van der Waals surface area contributed by atoms with E-state index in [4.69, 9.17) is 0 Å². The van der Waals surface area contributed by atoms with Gasteiger partial charge < -0.3 is 4.98 Å². The van der Waals surface area contributed by atoms with Crippen molar-refractivity contribution < 1.29 is 8.78 Å². The fourth-order valence-electron chi connectivity index (χ4n) is 1.30. The zero-order valence-electron chi connectivity index (χ0n) is 7.63. The van der Waals surface area contributed by atoms with Gasteiger partial charge in [-0.15, -0.1) is 0 Å². The van der Waals surface area contributed by atoms with E-state index in [-0.39, 0.29) is 5.56 Å². The van der Waals surface area contributed by atoms with Gasteiger partial charge in [0.25, 0.3) is 0 Å². The molecule has 0 aliphatic carbocycles. The molecule has 15 heavy (non-hydrogen) atoms. The summed E-state index contributed by atoms with van der Waals surface area (Å²) < 4.78 is 25.9. The molecule has 2 rings (SSSR count). The van der Waals surface area contributed by atoms with Gasteiger partial charge in [-0.2, -0.15) is 0 Å². The van der Waals surface area contributed by atoms with Crippen molar-refractivity contribution in [1.29, 1.82) is 0 Å². The molecule has 76 valence electrons. The Morgan fingerprint density at radius 2 is 1.73 bits per heavy atom. The van der Waals surface area contributed by atoms with E-state index in [1.54, 1.807) is 0 Å². The Kier molecular flexibility index (Phi) is 2.33. The zero-order chi connectivity index (χ0) is 10.8. The van der Waals surface area contributed by atoms with Gasteiger partial charge in [0.15, 0.2) is 0 Å². The minimum absolute atomic E-state index is 0.166. The number of H-pyrrole nitrogens is 1. The first kappa shape index (κ1) is 9.58. The van der Waals surface area contributed by atoms with Crippen molar-refractivity contribution in [3.8, 4) is 11.1 Å². The molecule has 0 fully saturated rings. The van der Waals surface area contributed by atoms with Crippen LogP contribution in [-0.2, 0) is 0 Å². The van der Waals surface area contributed by atoms with Gasteiger partial charge in [0.05, 0.1) is 0 Å². The Hall–Kier alpha value is -1.97. The van der Waals surface area contributed by atoms with Crippen LogP contribution in [0.15, 0.2) is 41.3 Å². The number of aromatic nitrogens is 1. The number of hydrogen-bond donors (Lipinski definition) is 1. The van der Waals surface area contributed by atoms with Gasteiger partial charge in [-0.1, -0.05) is 12.1 Å². The molecule has 0 radical (unpaired) electrons. The second-order valence-corrected chi connectivity index (χ2v) is 3.07. The Morgan fingerprint density at radius 1 is 1.07 bits per heavy atom. The van der Waals surface area contributed by atoms with Crippen molar-refractivity contribution in [3.05, 3.63) is 58.5 Å². The van der Waals surface area contributed by atoms with E-state index in [2.05, 4.69) is 4.98 Å². The molecule has 2 nitrogen and oxygen atoms in total. The number of benzene rings is 1. The molecule has 1 N–H and O–H groups in total. The van der Waals surface area contributed by atoms with Gasteiger partial charge in [0.1, 0.15) is 11.6 Å². The SMILES string of the molecule is O=c1cc(-c2ccc(F)cc2)c(F)c[nH]1. The summed E-state index contributed by atoms with van der Waals surface area (Å²) in [5.74, 6) is -0.940. The van der Waals surface area contributed by atoms with Gasteiger partial charge >= 0.3 is 0 Å². The molecule has 0 spiro atoms. The summed E-state index contributed by atoms with van der Waals surface area (Å²) in [6.45, 7) is 0. The minimum atomic E-state index is -0.541. The number of hydrogen-bond acceptors (Lipinski definition) is 1. The van der Waals surface area contributed by atoms with Crippen LogP contribution in [0.1, 0.15) is 0 Å². The van der Waals surface area contributed by atoms with Crippen molar-refractivity contribution in [3.63, 3.8) is 0 Å². The highest BCUT2D eigenvalue weighted by molar-refractivity contribution is 5.63. The molecule has 0 saturated heterocycles. The Balaban J connectivity index is 2.58. The molecule has 0 saturated carbocycles. The number of rotatable bonds is 1. The first-order valence-electron chi connectivity index (χ1n) is 4.31. The largest absolute Gasteiger partial charge is 0.326 e. The molecule has 0 unspecified atom stereocenters. The summed E-state index contributed by atoms with van der Waals surface area (Å²) in [5, 5.41) is 0. The second-order valence-electron chi connectivity index (χ2n) is 3.07. The molecular formula is C11H7F2NO. The third-order valence-corrected chi connectivity index (χ3v) is 2.03. The van der Waals surface area contributed by atoms with Crippen molar-refractivity contribution in [2.24, 2.45) is 0 Å². The summed E-state index contributed by atoms with van der Waals surface area (Å²) in [6.07, 6.45) is 0.987. The van der Waals surface area contributed by atoms with Gasteiger partial charge in [-0.25, -0.2) is 8.78 Å². The Labute approximate surface area is 84.2 Å². The highest BCUT2D eigenvalue weighted by Crippen LogP contribution is 2.20.